The summed E-state index contributed by atoms with van der Waals surface area (Å²) in [4.78, 5) is 2.63. The van der Waals surface area contributed by atoms with E-state index in [-0.39, 0.29) is 0 Å². The average molecular weight is 230 g/mol. The van der Waals surface area contributed by atoms with Crippen molar-refractivity contribution in [2.75, 3.05) is 18.5 Å². The zero-order chi connectivity index (χ0) is 11.8. The van der Waals surface area contributed by atoms with E-state index >= 15 is 0 Å². The zero-order valence-electron chi connectivity index (χ0n) is 10.9. The number of fused-ring (bicyclic) bond motifs is 2. The number of nitrogens with one attached hydrogen (secondary N) is 1. The molecule has 1 saturated carbocycles. The highest BCUT2D eigenvalue weighted by Crippen LogP contribution is 2.40. The quantitative estimate of drug-likeness (QED) is 0.859. The molecule has 2 fully saturated rings. The molecule has 0 radical (unpaired) electrons. The van der Waals surface area contributed by atoms with Crippen LogP contribution in [0, 0.1) is 12.8 Å². The number of anilines is 1. The number of rotatable bonds is 3. The summed E-state index contributed by atoms with van der Waals surface area (Å²) in [5.41, 5.74) is 4.27. The van der Waals surface area contributed by atoms with Crippen molar-refractivity contribution in [1.82, 2.24) is 5.32 Å². The molecule has 2 nitrogen and oxygen atoms in total. The number of hydrogen-bond donors (Lipinski definition) is 1. The lowest BCUT2D eigenvalue weighted by atomic mass is 10.1. The minimum atomic E-state index is 0.828. The molecule has 1 aromatic rings. The van der Waals surface area contributed by atoms with Crippen LogP contribution in [0.25, 0.3) is 0 Å². The fourth-order valence-corrected chi connectivity index (χ4v) is 3.49. The Balaban J connectivity index is 1.82. The Kier molecular flexibility index (Phi) is 2.83. The number of benzene rings is 1. The summed E-state index contributed by atoms with van der Waals surface area (Å²) >= 11 is 0. The maximum atomic E-state index is 3.23. The highest BCUT2D eigenvalue weighted by molar-refractivity contribution is 5.53. The summed E-state index contributed by atoms with van der Waals surface area (Å²) in [6.07, 6.45) is 4.29. The molecular formula is C15H22N2. The number of nitrogens with zero attached hydrogens (tertiary/aromatic N) is 1. The van der Waals surface area contributed by atoms with Gasteiger partial charge in [0.05, 0.1) is 0 Å². The molecular weight excluding hydrogens is 208 g/mol. The molecule has 3 rings (SSSR count). The van der Waals surface area contributed by atoms with Gasteiger partial charge in [-0.3, -0.25) is 0 Å². The molecule has 1 aliphatic heterocycles. The molecule has 0 aromatic heterocycles. The van der Waals surface area contributed by atoms with Crippen LogP contribution >= 0.6 is 0 Å². The van der Waals surface area contributed by atoms with Crippen LogP contribution in [0.1, 0.15) is 30.4 Å². The topological polar surface area (TPSA) is 15.3 Å². The molecule has 1 N–H and O–H groups in total. The fraction of sp³-hybridized carbons (Fsp3) is 0.600. The lowest BCUT2D eigenvalue weighted by Crippen LogP contribution is -2.31. The molecule has 0 spiro atoms. The Bertz CT molecular complexity index is 413. The van der Waals surface area contributed by atoms with Crippen molar-refractivity contribution < 1.29 is 0 Å². The standard InChI is InChI=1S/C15H22N2/c1-11-7-14(6-4-13(11)9-16-2)17-10-12-3-5-15(17)8-12/h4,6-7,12,15-16H,3,5,8-10H2,1-2H3. The predicted molar refractivity (Wildman–Crippen MR) is 72.4 cm³/mol. The molecule has 2 heteroatoms. The van der Waals surface area contributed by atoms with Gasteiger partial charge in [0.15, 0.2) is 0 Å². The molecule has 1 heterocycles. The van der Waals surface area contributed by atoms with Gasteiger partial charge in [-0.1, -0.05) is 6.07 Å². The number of hydrogen-bond acceptors (Lipinski definition) is 2. The van der Waals surface area contributed by atoms with Gasteiger partial charge < -0.3 is 10.2 Å². The molecule has 1 saturated heterocycles. The van der Waals surface area contributed by atoms with E-state index in [4.69, 9.17) is 0 Å². The van der Waals surface area contributed by atoms with Gasteiger partial charge in [0.1, 0.15) is 0 Å². The zero-order valence-corrected chi connectivity index (χ0v) is 10.9. The first-order chi connectivity index (χ1) is 8.28. The highest BCUT2D eigenvalue weighted by Gasteiger charge is 2.37. The Morgan fingerprint density at radius 1 is 1.35 bits per heavy atom. The number of piperidine rings is 1. The van der Waals surface area contributed by atoms with Crippen molar-refractivity contribution in [2.45, 2.75) is 38.8 Å². The summed E-state index contributed by atoms with van der Waals surface area (Å²) in [6, 6.07) is 7.79. The van der Waals surface area contributed by atoms with Crippen LogP contribution in [0.2, 0.25) is 0 Å². The van der Waals surface area contributed by atoms with Crippen LogP contribution in [0.5, 0.6) is 0 Å². The van der Waals surface area contributed by atoms with E-state index in [0.29, 0.717) is 0 Å². The second kappa shape index (κ2) is 4.34. The first kappa shape index (κ1) is 11.1. The summed E-state index contributed by atoms with van der Waals surface area (Å²) in [7, 11) is 2.01. The Morgan fingerprint density at radius 3 is 2.82 bits per heavy atom. The van der Waals surface area contributed by atoms with Crippen LogP contribution in [0.15, 0.2) is 18.2 Å². The summed E-state index contributed by atoms with van der Waals surface area (Å²) in [5.74, 6) is 0.970. The molecule has 2 unspecified atom stereocenters. The van der Waals surface area contributed by atoms with Gasteiger partial charge in [0.25, 0.3) is 0 Å². The van der Waals surface area contributed by atoms with E-state index in [2.05, 4.69) is 35.3 Å². The third-order valence-electron chi connectivity index (χ3n) is 4.43. The van der Waals surface area contributed by atoms with Crippen LogP contribution in [-0.2, 0) is 6.54 Å². The number of aryl methyl sites for hydroxylation is 1. The van der Waals surface area contributed by atoms with E-state index < -0.39 is 0 Å². The molecule has 1 aliphatic carbocycles. The van der Waals surface area contributed by atoms with Crippen molar-refractivity contribution in [2.24, 2.45) is 5.92 Å². The maximum absolute atomic E-state index is 3.23. The fourth-order valence-electron chi connectivity index (χ4n) is 3.49. The highest BCUT2D eigenvalue weighted by atomic mass is 15.2. The smallest absolute Gasteiger partial charge is 0.0371 e. The third kappa shape index (κ3) is 1.95. The molecule has 2 atom stereocenters. The Labute approximate surface area is 104 Å². The van der Waals surface area contributed by atoms with Crippen LogP contribution in [0.3, 0.4) is 0 Å². The molecule has 17 heavy (non-hydrogen) atoms. The molecule has 1 aromatic carbocycles. The van der Waals surface area contributed by atoms with Gasteiger partial charge in [0, 0.05) is 24.8 Å². The van der Waals surface area contributed by atoms with Crippen LogP contribution in [0.4, 0.5) is 5.69 Å². The lowest BCUT2D eigenvalue weighted by molar-refractivity contribution is 0.553. The van der Waals surface area contributed by atoms with E-state index in [9.17, 15) is 0 Å². The Morgan fingerprint density at radius 2 is 2.24 bits per heavy atom. The van der Waals surface area contributed by atoms with Crippen molar-refractivity contribution in [3.63, 3.8) is 0 Å². The Hall–Kier alpha value is -1.02. The van der Waals surface area contributed by atoms with E-state index in [1.165, 1.54) is 42.6 Å². The van der Waals surface area contributed by atoms with Gasteiger partial charge in [-0.25, -0.2) is 0 Å². The average Bonchev–Trinajstić information content (AvgIpc) is 2.94. The summed E-state index contributed by atoms with van der Waals surface area (Å²) in [6.45, 7) is 4.48. The summed E-state index contributed by atoms with van der Waals surface area (Å²) in [5, 5.41) is 3.23. The first-order valence-corrected chi connectivity index (χ1v) is 6.78. The van der Waals surface area contributed by atoms with Gasteiger partial charge in [0.2, 0.25) is 0 Å². The van der Waals surface area contributed by atoms with E-state index in [1.807, 2.05) is 7.05 Å². The molecule has 2 bridgehead atoms. The second-order valence-corrected chi connectivity index (χ2v) is 5.63. The minimum absolute atomic E-state index is 0.828. The van der Waals surface area contributed by atoms with Crippen molar-refractivity contribution in [1.29, 1.82) is 0 Å². The van der Waals surface area contributed by atoms with E-state index in [1.54, 1.807) is 0 Å². The molecule has 92 valence electrons. The van der Waals surface area contributed by atoms with Crippen molar-refractivity contribution in [3.8, 4) is 0 Å². The van der Waals surface area contributed by atoms with Gasteiger partial charge in [-0.15, -0.1) is 0 Å². The monoisotopic (exact) mass is 230 g/mol. The largest absolute Gasteiger partial charge is 0.368 e. The van der Waals surface area contributed by atoms with Crippen LogP contribution in [-0.4, -0.2) is 19.6 Å². The predicted octanol–water partition coefficient (Wildman–Crippen LogP) is 2.70. The normalized spacial score (nSPS) is 26.8. The van der Waals surface area contributed by atoms with Crippen LogP contribution < -0.4 is 10.2 Å². The minimum Gasteiger partial charge on any atom is -0.368 e. The molecule has 2 aliphatic rings. The van der Waals surface area contributed by atoms with Crippen molar-refractivity contribution in [3.05, 3.63) is 29.3 Å². The first-order valence-electron chi connectivity index (χ1n) is 6.78. The second-order valence-electron chi connectivity index (χ2n) is 5.63. The van der Waals surface area contributed by atoms with E-state index in [0.717, 1.165) is 18.5 Å². The summed E-state index contributed by atoms with van der Waals surface area (Å²) < 4.78 is 0. The van der Waals surface area contributed by atoms with Gasteiger partial charge >= 0.3 is 0 Å². The van der Waals surface area contributed by atoms with Crippen molar-refractivity contribution >= 4 is 5.69 Å². The van der Waals surface area contributed by atoms with Gasteiger partial charge in [-0.05, 0) is 62.4 Å². The molecule has 0 amide bonds. The van der Waals surface area contributed by atoms with Gasteiger partial charge in [-0.2, -0.15) is 0 Å². The maximum Gasteiger partial charge on any atom is 0.0371 e. The lowest BCUT2D eigenvalue weighted by Gasteiger charge is -2.29. The third-order valence-corrected chi connectivity index (χ3v) is 4.43. The SMILES string of the molecule is CNCc1ccc(N2CC3CCC2C3)cc1C.